The second kappa shape index (κ2) is 4.95. The number of likely N-dealkylation sites (N-methyl/N-ethyl adjacent to an activating group) is 1. The van der Waals surface area contributed by atoms with E-state index >= 15 is 0 Å². The summed E-state index contributed by atoms with van der Waals surface area (Å²) in [5, 5.41) is 7.71. The van der Waals surface area contributed by atoms with E-state index in [1.165, 1.54) is 19.3 Å². The maximum absolute atomic E-state index is 4.38. The van der Waals surface area contributed by atoms with E-state index in [1.807, 2.05) is 4.68 Å². The van der Waals surface area contributed by atoms with Crippen molar-refractivity contribution in [3.8, 4) is 0 Å². The Morgan fingerprint density at radius 1 is 1.50 bits per heavy atom. The van der Waals surface area contributed by atoms with E-state index < -0.39 is 0 Å². The van der Waals surface area contributed by atoms with Gasteiger partial charge in [-0.1, -0.05) is 6.42 Å². The molecule has 0 aromatic carbocycles. The first kappa shape index (κ1) is 11.6. The Balaban J connectivity index is 2.03. The lowest BCUT2D eigenvalue weighted by Crippen LogP contribution is -2.39. The van der Waals surface area contributed by atoms with Gasteiger partial charge in [-0.3, -0.25) is 0 Å². The normalized spacial score (nSPS) is 18.8. The molecule has 1 aliphatic rings. The number of aromatic nitrogens is 3. The lowest BCUT2D eigenvalue weighted by Gasteiger charge is -2.33. The highest BCUT2D eigenvalue weighted by molar-refractivity contribution is 4.94. The maximum Gasteiger partial charge on any atom is 0.138 e. The fourth-order valence-electron chi connectivity index (χ4n) is 2.39. The molecule has 1 heterocycles. The average Bonchev–Trinajstić information content (AvgIpc) is 2.62. The standard InChI is InChI=1S/C12H22N4/c1-9(2)16-12(14-8-15-16)7-11(13-3)10-5-4-6-10/h8-11,13H,4-7H2,1-3H3. The van der Waals surface area contributed by atoms with Crippen LogP contribution in [0.2, 0.25) is 0 Å². The zero-order valence-electron chi connectivity index (χ0n) is 10.5. The second-order valence-corrected chi connectivity index (χ2v) is 5.00. The van der Waals surface area contributed by atoms with E-state index in [2.05, 4.69) is 36.3 Å². The van der Waals surface area contributed by atoms with E-state index in [1.54, 1.807) is 6.33 Å². The van der Waals surface area contributed by atoms with Crippen molar-refractivity contribution in [2.45, 2.75) is 51.6 Å². The van der Waals surface area contributed by atoms with E-state index in [4.69, 9.17) is 0 Å². The first-order valence-corrected chi connectivity index (χ1v) is 6.28. The molecule has 16 heavy (non-hydrogen) atoms. The predicted molar refractivity (Wildman–Crippen MR) is 64.3 cm³/mol. The topological polar surface area (TPSA) is 42.7 Å². The van der Waals surface area contributed by atoms with Crippen LogP contribution in [0.3, 0.4) is 0 Å². The molecule has 1 aromatic rings. The Hall–Kier alpha value is -0.900. The highest BCUT2D eigenvalue weighted by atomic mass is 15.3. The fourth-order valence-corrected chi connectivity index (χ4v) is 2.39. The number of hydrogen-bond acceptors (Lipinski definition) is 3. The molecule has 90 valence electrons. The Morgan fingerprint density at radius 3 is 2.75 bits per heavy atom. The van der Waals surface area contributed by atoms with E-state index in [0.29, 0.717) is 12.1 Å². The molecule has 1 N–H and O–H groups in total. The molecule has 4 heteroatoms. The van der Waals surface area contributed by atoms with Crippen molar-refractivity contribution < 1.29 is 0 Å². The van der Waals surface area contributed by atoms with Crippen molar-refractivity contribution in [3.63, 3.8) is 0 Å². The van der Waals surface area contributed by atoms with Crippen molar-refractivity contribution in [2.24, 2.45) is 5.92 Å². The van der Waals surface area contributed by atoms with Crippen LogP contribution in [0.1, 0.15) is 45.0 Å². The smallest absolute Gasteiger partial charge is 0.138 e. The van der Waals surface area contributed by atoms with Crippen LogP contribution in [0.4, 0.5) is 0 Å². The van der Waals surface area contributed by atoms with Crippen LogP contribution in [0, 0.1) is 5.92 Å². The van der Waals surface area contributed by atoms with E-state index in [9.17, 15) is 0 Å². The van der Waals surface area contributed by atoms with Crippen LogP contribution in [-0.4, -0.2) is 27.9 Å². The third-order valence-corrected chi connectivity index (χ3v) is 3.63. The van der Waals surface area contributed by atoms with E-state index in [0.717, 1.165) is 18.2 Å². The summed E-state index contributed by atoms with van der Waals surface area (Å²) in [6, 6.07) is 0.965. The van der Waals surface area contributed by atoms with Crippen LogP contribution in [-0.2, 0) is 6.42 Å². The molecule has 4 nitrogen and oxygen atoms in total. The first-order valence-electron chi connectivity index (χ1n) is 6.28. The van der Waals surface area contributed by atoms with Crippen LogP contribution in [0.25, 0.3) is 0 Å². The highest BCUT2D eigenvalue weighted by Gasteiger charge is 2.27. The average molecular weight is 222 g/mol. The summed E-state index contributed by atoms with van der Waals surface area (Å²) in [6.07, 6.45) is 6.78. The van der Waals surface area contributed by atoms with Gasteiger partial charge in [0.15, 0.2) is 0 Å². The van der Waals surface area contributed by atoms with Gasteiger partial charge in [-0.15, -0.1) is 0 Å². The van der Waals surface area contributed by atoms with Crippen molar-refractivity contribution in [1.29, 1.82) is 0 Å². The Kier molecular flexibility index (Phi) is 3.59. The summed E-state index contributed by atoms with van der Waals surface area (Å²) in [4.78, 5) is 4.38. The third-order valence-electron chi connectivity index (χ3n) is 3.63. The predicted octanol–water partition coefficient (Wildman–Crippen LogP) is 1.79. The Labute approximate surface area is 97.5 Å². The van der Waals surface area contributed by atoms with Crippen LogP contribution < -0.4 is 5.32 Å². The van der Waals surface area contributed by atoms with Gasteiger partial charge in [0.1, 0.15) is 12.2 Å². The molecule has 0 radical (unpaired) electrons. The monoisotopic (exact) mass is 222 g/mol. The molecule has 1 unspecified atom stereocenters. The molecule has 0 saturated heterocycles. The minimum atomic E-state index is 0.399. The molecule has 2 rings (SSSR count). The minimum absolute atomic E-state index is 0.399. The third kappa shape index (κ3) is 2.26. The van der Waals surface area contributed by atoms with Gasteiger partial charge in [0, 0.05) is 18.5 Å². The highest BCUT2D eigenvalue weighted by Crippen LogP contribution is 2.30. The number of nitrogens with one attached hydrogen (secondary N) is 1. The van der Waals surface area contributed by atoms with Gasteiger partial charge < -0.3 is 5.32 Å². The number of rotatable bonds is 5. The zero-order valence-corrected chi connectivity index (χ0v) is 10.5. The van der Waals surface area contributed by atoms with Gasteiger partial charge >= 0.3 is 0 Å². The molecule has 1 saturated carbocycles. The molecular formula is C12H22N4. The summed E-state index contributed by atoms with van der Waals surface area (Å²) < 4.78 is 2.03. The molecule has 0 bridgehead atoms. The molecule has 1 fully saturated rings. The van der Waals surface area contributed by atoms with Gasteiger partial charge in [-0.2, -0.15) is 5.10 Å². The maximum atomic E-state index is 4.38. The molecule has 0 spiro atoms. The SMILES string of the molecule is CNC(Cc1ncnn1C(C)C)C1CCC1. The summed E-state index contributed by atoms with van der Waals surface area (Å²) >= 11 is 0. The summed E-state index contributed by atoms with van der Waals surface area (Å²) in [5.41, 5.74) is 0. The van der Waals surface area contributed by atoms with Crippen molar-refractivity contribution in [1.82, 2.24) is 20.1 Å². The van der Waals surface area contributed by atoms with Gasteiger partial charge in [0.2, 0.25) is 0 Å². The summed E-state index contributed by atoms with van der Waals surface area (Å²) in [7, 11) is 2.05. The minimum Gasteiger partial charge on any atom is -0.316 e. The van der Waals surface area contributed by atoms with E-state index in [-0.39, 0.29) is 0 Å². The lowest BCUT2D eigenvalue weighted by atomic mass is 9.78. The van der Waals surface area contributed by atoms with Gasteiger partial charge in [0.05, 0.1) is 0 Å². The van der Waals surface area contributed by atoms with Crippen molar-refractivity contribution >= 4 is 0 Å². The van der Waals surface area contributed by atoms with Gasteiger partial charge in [-0.25, -0.2) is 9.67 Å². The first-order chi connectivity index (χ1) is 7.72. The fraction of sp³-hybridized carbons (Fsp3) is 0.833. The number of hydrogen-bond donors (Lipinski definition) is 1. The summed E-state index contributed by atoms with van der Waals surface area (Å²) in [6.45, 7) is 4.30. The van der Waals surface area contributed by atoms with Gasteiger partial charge in [-0.05, 0) is 39.7 Å². The molecular weight excluding hydrogens is 200 g/mol. The largest absolute Gasteiger partial charge is 0.316 e. The van der Waals surface area contributed by atoms with Crippen LogP contribution in [0.5, 0.6) is 0 Å². The Bertz CT molecular complexity index is 328. The second-order valence-electron chi connectivity index (χ2n) is 5.00. The number of nitrogens with zero attached hydrogens (tertiary/aromatic N) is 3. The molecule has 1 aromatic heterocycles. The van der Waals surface area contributed by atoms with Gasteiger partial charge in [0.25, 0.3) is 0 Å². The molecule has 0 aliphatic heterocycles. The van der Waals surface area contributed by atoms with Crippen molar-refractivity contribution in [3.05, 3.63) is 12.2 Å². The van der Waals surface area contributed by atoms with Crippen LogP contribution in [0.15, 0.2) is 6.33 Å². The van der Waals surface area contributed by atoms with Crippen molar-refractivity contribution in [2.75, 3.05) is 7.05 Å². The molecule has 1 aliphatic carbocycles. The van der Waals surface area contributed by atoms with Crippen LogP contribution >= 0.6 is 0 Å². The lowest BCUT2D eigenvalue weighted by molar-refractivity contribution is 0.231. The Morgan fingerprint density at radius 2 is 2.25 bits per heavy atom. The molecule has 1 atom stereocenters. The molecule has 0 amide bonds. The summed E-state index contributed by atoms with van der Waals surface area (Å²) in [5.74, 6) is 1.95. The zero-order chi connectivity index (χ0) is 11.5. The quantitative estimate of drug-likeness (QED) is 0.826.